The SMILES string of the molecule is COc1ccc(-n2c(CSc3nnc(-c4ccccc4OC)n3N)nc3ccccc32)cc1. The van der Waals surface area contributed by atoms with Crippen LogP contribution in [0.15, 0.2) is 78.0 Å². The van der Waals surface area contributed by atoms with E-state index < -0.39 is 0 Å². The van der Waals surface area contributed by atoms with Crippen LogP contribution in [0.1, 0.15) is 5.82 Å². The fraction of sp³-hybridized carbons (Fsp3) is 0.125. The maximum Gasteiger partial charge on any atom is 0.210 e. The van der Waals surface area contributed by atoms with Gasteiger partial charge >= 0.3 is 0 Å². The highest BCUT2D eigenvalue weighted by Gasteiger charge is 2.18. The van der Waals surface area contributed by atoms with E-state index in [2.05, 4.69) is 20.8 Å². The van der Waals surface area contributed by atoms with Gasteiger partial charge in [-0.25, -0.2) is 9.66 Å². The number of rotatable bonds is 7. The summed E-state index contributed by atoms with van der Waals surface area (Å²) in [6.07, 6.45) is 0. The first-order valence-electron chi connectivity index (χ1n) is 10.3. The van der Waals surface area contributed by atoms with Crippen molar-refractivity contribution in [1.29, 1.82) is 0 Å². The zero-order chi connectivity index (χ0) is 22.8. The van der Waals surface area contributed by atoms with Crippen molar-refractivity contribution in [2.75, 3.05) is 20.1 Å². The Balaban J connectivity index is 1.48. The van der Waals surface area contributed by atoms with E-state index in [-0.39, 0.29) is 0 Å². The lowest BCUT2D eigenvalue weighted by Gasteiger charge is -2.10. The molecule has 9 heteroatoms. The molecular weight excluding hydrogens is 436 g/mol. The van der Waals surface area contributed by atoms with E-state index in [0.717, 1.165) is 33.9 Å². The maximum atomic E-state index is 6.35. The Morgan fingerprint density at radius 1 is 0.879 bits per heavy atom. The molecule has 3 aromatic carbocycles. The molecule has 33 heavy (non-hydrogen) atoms. The molecule has 2 heterocycles. The van der Waals surface area contributed by atoms with Crippen molar-refractivity contribution in [1.82, 2.24) is 24.4 Å². The topological polar surface area (TPSA) is 93.0 Å². The van der Waals surface area contributed by atoms with Gasteiger partial charge in [0.25, 0.3) is 0 Å². The van der Waals surface area contributed by atoms with Crippen LogP contribution in [0.4, 0.5) is 0 Å². The summed E-state index contributed by atoms with van der Waals surface area (Å²) in [5.74, 6) is 9.83. The van der Waals surface area contributed by atoms with Crippen molar-refractivity contribution in [3.05, 3.63) is 78.6 Å². The van der Waals surface area contributed by atoms with E-state index in [1.54, 1.807) is 14.2 Å². The molecule has 0 saturated carbocycles. The first kappa shape index (κ1) is 20.9. The summed E-state index contributed by atoms with van der Waals surface area (Å²) in [6.45, 7) is 0. The van der Waals surface area contributed by atoms with Gasteiger partial charge in [-0.3, -0.25) is 4.57 Å². The normalized spacial score (nSPS) is 11.1. The third kappa shape index (κ3) is 3.87. The number of nitrogen functional groups attached to an aromatic ring is 1. The molecule has 0 saturated heterocycles. The highest BCUT2D eigenvalue weighted by molar-refractivity contribution is 7.98. The van der Waals surface area contributed by atoms with Gasteiger partial charge < -0.3 is 15.3 Å². The molecule has 0 aliphatic carbocycles. The molecule has 5 aromatic rings. The van der Waals surface area contributed by atoms with Crippen LogP contribution in [0.5, 0.6) is 11.5 Å². The van der Waals surface area contributed by atoms with Gasteiger partial charge in [-0.2, -0.15) is 0 Å². The number of para-hydroxylation sites is 3. The third-order valence-electron chi connectivity index (χ3n) is 5.30. The van der Waals surface area contributed by atoms with Crippen LogP contribution >= 0.6 is 11.8 Å². The molecule has 8 nitrogen and oxygen atoms in total. The lowest BCUT2D eigenvalue weighted by molar-refractivity contribution is 0.414. The zero-order valence-electron chi connectivity index (χ0n) is 18.2. The largest absolute Gasteiger partial charge is 0.497 e. The van der Waals surface area contributed by atoms with E-state index in [4.69, 9.17) is 20.3 Å². The van der Waals surface area contributed by atoms with E-state index in [1.165, 1.54) is 16.4 Å². The zero-order valence-corrected chi connectivity index (χ0v) is 19.0. The first-order chi connectivity index (χ1) is 16.2. The number of aromatic nitrogens is 5. The summed E-state index contributed by atoms with van der Waals surface area (Å²) in [5, 5.41) is 9.19. The maximum absolute atomic E-state index is 6.35. The smallest absolute Gasteiger partial charge is 0.210 e. The second-order valence-corrected chi connectivity index (χ2v) is 8.16. The lowest BCUT2D eigenvalue weighted by atomic mass is 10.2. The molecule has 0 spiro atoms. The summed E-state index contributed by atoms with van der Waals surface area (Å²) in [6, 6.07) is 23.6. The second-order valence-electron chi connectivity index (χ2n) is 7.22. The minimum Gasteiger partial charge on any atom is -0.497 e. The number of hydrogen-bond acceptors (Lipinski definition) is 7. The van der Waals surface area contributed by atoms with E-state index in [9.17, 15) is 0 Å². The molecule has 0 radical (unpaired) electrons. The molecular formula is C24H22N6O2S. The van der Waals surface area contributed by atoms with Crippen molar-refractivity contribution < 1.29 is 9.47 Å². The standard InChI is InChI=1S/C24H22N6O2S/c1-31-17-13-11-16(12-14-17)29-20-9-5-4-8-19(20)26-22(29)15-33-24-28-27-23(30(24)25)18-7-3-6-10-21(18)32-2/h3-14H,15,25H2,1-2H3. The average molecular weight is 459 g/mol. The van der Waals surface area contributed by atoms with E-state index >= 15 is 0 Å². The third-order valence-corrected chi connectivity index (χ3v) is 6.24. The van der Waals surface area contributed by atoms with Crippen molar-refractivity contribution in [2.45, 2.75) is 10.9 Å². The van der Waals surface area contributed by atoms with Crippen molar-refractivity contribution in [3.8, 4) is 28.6 Å². The Morgan fingerprint density at radius 2 is 1.64 bits per heavy atom. The molecule has 0 unspecified atom stereocenters. The highest BCUT2D eigenvalue weighted by atomic mass is 32.2. The summed E-state index contributed by atoms with van der Waals surface area (Å²) < 4.78 is 14.4. The molecule has 0 bridgehead atoms. The van der Waals surface area contributed by atoms with E-state index in [0.29, 0.717) is 22.5 Å². The quantitative estimate of drug-likeness (QED) is 0.287. The second kappa shape index (κ2) is 8.87. The van der Waals surface area contributed by atoms with Crippen LogP contribution in [0.25, 0.3) is 28.1 Å². The van der Waals surface area contributed by atoms with Crippen LogP contribution < -0.4 is 15.3 Å². The molecule has 2 N–H and O–H groups in total. The molecule has 166 valence electrons. The number of hydrogen-bond donors (Lipinski definition) is 1. The van der Waals surface area contributed by atoms with Crippen molar-refractivity contribution in [3.63, 3.8) is 0 Å². The van der Waals surface area contributed by atoms with Gasteiger partial charge in [-0.15, -0.1) is 10.2 Å². The van der Waals surface area contributed by atoms with Crippen LogP contribution in [-0.2, 0) is 5.75 Å². The van der Waals surface area contributed by atoms with Crippen LogP contribution in [0, 0.1) is 0 Å². The summed E-state index contributed by atoms with van der Waals surface area (Å²) in [4.78, 5) is 4.86. The Kier molecular flexibility index (Phi) is 5.62. The predicted octanol–water partition coefficient (Wildman–Crippen LogP) is 4.31. The average Bonchev–Trinajstić information content (AvgIpc) is 3.42. The van der Waals surface area contributed by atoms with Gasteiger partial charge in [0.15, 0.2) is 5.82 Å². The number of nitrogens with two attached hydrogens (primary N) is 1. The van der Waals surface area contributed by atoms with Crippen molar-refractivity contribution in [2.24, 2.45) is 0 Å². The molecule has 5 rings (SSSR count). The van der Waals surface area contributed by atoms with Gasteiger partial charge in [-0.1, -0.05) is 36.0 Å². The van der Waals surface area contributed by atoms with Gasteiger partial charge in [0.2, 0.25) is 5.16 Å². The predicted molar refractivity (Wildman–Crippen MR) is 129 cm³/mol. The Bertz CT molecular complexity index is 1410. The number of benzene rings is 3. The van der Waals surface area contributed by atoms with E-state index in [1.807, 2.05) is 66.7 Å². The van der Waals surface area contributed by atoms with Gasteiger partial charge in [-0.05, 0) is 48.5 Å². The van der Waals surface area contributed by atoms with Crippen molar-refractivity contribution >= 4 is 22.8 Å². The number of methoxy groups -OCH3 is 2. The Morgan fingerprint density at radius 3 is 2.42 bits per heavy atom. The molecule has 2 aromatic heterocycles. The fourth-order valence-electron chi connectivity index (χ4n) is 3.71. The number of ether oxygens (including phenoxy) is 2. The molecule has 0 fully saturated rings. The summed E-state index contributed by atoms with van der Waals surface area (Å²) in [7, 11) is 3.28. The minimum absolute atomic E-state index is 0.540. The Labute approximate surface area is 195 Å². The fourth-order valence-corrected chi connectivity index (χ4v) is 4.49. The number of nitrogens with zero attached hydrogens (tertiary/aromatic N) is 5. The van der Waals surface area contributed by atoms with Gasteiger partial charge in [0.05, 0.1) is 36.6 Å². The highest BCUT2D eigenvalue weighted by Crippen LogP contribution is 2.31. The lowest BCUT2D eigenvalue weighted by Crippen LogP contribution is -2.12. The minimum atomic E-state index is 0.540. The number of imidazole rings is 1. The summed E-state index contributed by atoms with van der Waals surface area (Å²) in [5.41, 5.74) is 3.74. The molecule has 0 atom stereocenters. The summed E-state index contributed by atoms with van der Waals surface area (Å²) >= 11 is 1.48. The van der Waals surface area contributed by atoms with Gasteiger partial charge in [0.1, 0.15) is 17.3 Å². The van der Waals surface area contributed by atoms with Crippen LogP contribution in [0.3, 0.4) is 0 Å². The number of fused-ring (bicyclic) bond motifs is 1. The number of thioether (sulfide) groups is 1. The molecule has 0 aliphatic heterocycles. The molecule has 0 amide bonds. The molecule has 0 aliphatic rings. The monoisotopic (exact) mass is 458 g/mol. The van der Waals surface area contributed by atoms with Crippen LogP contribution in [-0.4, -0.2) is 38.6 Å². The van der Waals surface area contributed by atoms with Gasteiger partial charge in [0, 0.05) is 5.69 Å². The Hall–Kier alpha value is -3.98. The first-order valence-corrected chi connectivity index (χ1v) is 11.3. The van der Waals surface area contributed by atoms with Crippen LogP contribution in [0.2, 0.25) is 0 Å².